The second kappa shape index (κ2) is 45.8. The van der Waals surface area contributed by atoms with Crippen LogP contribution in [0.2, 0.25) is 6.04 Å². The van der Waals surface area contributed by atoms with E-state index in [1.165, 1.54) is 134 Å². The summed E-state index contributed by atoms with van der Waals surface area (Å²) in [5.41, 5.74) is 1.17. The van der Waals surface area contributed by atoms with E-state index in [4.69, 9.17) is 37.0 Å². The highest BCUT2D eigenvalue weighted by Crippen LogP contribution is 2.14. The predicted octanol–water partition coefficient (Wildman–Crippen LogP) is 0.670. The second-order valence-electron chi connectivity index (χ2n) is 11.9. The first-order chi connectivity index (χ1) is 23.8. The van der Waals surface area contributed by atoms with Crippen molar-refractivity contribution in [2.24, 2.45) is 0 Å². The Balaban J connectivity index is 0.00000239. The highest BCUT2D eigenvalue weighted by molar-refractivity contribution is 6.49. The third-order valence-electron chi connectivity index (χ3n) is 7.55. The number of unbranched alkanes of at least 4 members (excludes halogenated alkanes) is 18. The molecule has 0 bridgehead atoms. The van der Waals surface area contributed by atoms with Crippen LogP contribution in [0.25, 0.3) is 6.08 Å². The fraction of sp³-hybridized carbons (Fsp3) is 0.724. The van der Waals surface area contributed by atoms with Crippen molar-refractivity contribution in [3.8, 4) is 0 Å². The van der Waals surface area contributed by atoms with E-state index in [0.717, 1.165) is 10.5 Å². The van der Waals surface area contributed by atoms with Crippen LogP contribution in [0.1, 0.15) is 134 Å². The van der Waals surface area contributed by atoms with Gasteiger partial charge in [0.2, 0.25) is 0 Å². The van der Waals surface area contributed by atoms with Crippen LogP contribution in [0.15, 0.2) is 36.9 Å². The first-order valence-electron chi connectivity index (χ1n) is 18.6. The lowest BCUT2D eigenvalue weighted by Gasteiger charge is -2.08. The number of benzene rings is 1. The molecule has 0 spiro atoms. The zero-order valence-electron chi connectivity index (χ0n) is 30.9. The first kappa shape index (κ1) is 48.8. The smallest absolute Gasteiger partial charge is 0.286 e. The fourth-order valence-electron chi connectivity index (χ4n) is 4.84. The monoisotopic (exact) mass is 844 g/mol. The third-order valence-corrected chi connectivity index (χ3v) is 20.4. The van der Waals surface area contributed by atoms with Crippen LogP contribution in [0.5, 0.6) is 0 Å². The van der Waals surface area contributed by atoms with Gasteiger partial charge in [0.15, 0.2) is 0 Å². The Bertz CT molecular complexity index is 702. The molecule has 0 aliphatic carbocycles. The van der Waals surface area contributed by atoms with Gasteiger partial charge in [0.25, 0.3) is 80.1 Å². The summed E-state index contributed by atoms with van der Waals surface area (Å²) in [7, 11) is -6.67. The summed E-state index contributed by atoms with van der Waals surface area (Å²) in [5.74, 6) is 0. The lowest BCUT2D eigenvalue weighted by Crippen LogP contribution is -2.21. The average molecular weight is 846 g/mol. The molecule has 0 atom stereocenters. The topological polar surface area (TPSA) is 83.1 Å². The van der Waals surface area contributed by atoms with Crippen molar-refractivity contribution in [3.63, 3.8) is 0 Å². The standard InChI is InChI=1S/C21H64O9Si10.C8H8/c1-2-3-4-5-6-7-8-9-10-11-12-13-14-15-16-17-18-19-20-21-32-23-34-25-36-27-38-29-40-30-39-28-37-26-35-24-33-22-31;1-2-8-6-4-3-5-7-8/h2-21,32-40H2,1,31H3;2-7H,1H2. The molecule has 1 aromatic rings. The van der Waals surface area contributed by atoms with Gasteiger partial charge in [0, 0.05) is 0 Å². The highest BCUT2D eigenvalue weighted by Gasteiger charge is 1.98. The van der Waals surface area contributed by atoms with Gasteiger partial charge in [-0.1, -0.05) is 172 Å². The Labute approximate surface area is 319 Å². The average Bonchev–Trinajstić information content (AvgIpc) is 3.12. The molecular formula is C29H72O9Si10. The number of hydrogen-bond acceptors (Lipinski definition) is 9. The zero-order valence-corrected chi connectivity index (χ0v) is 45.6. The molecule has 0 N–H and O–H groups in total. The minimum Gasteiger partial charge on any atom is -0.449 e. The Morgan fingerprint density at radius 2 is 0.812 bits per heavy atom. The van der Waals surface area contributed by atoms with E-state index in [1.807, 2.05) is 36.4 Å². The maximum atomic E-state index is 5.82. The van der Waals surface area contributed by atoms with Gasteiger partial charge in [-0.3, -0.25) is 0 Å². The van der Waals surface area contributed by atoms with E-state index in [2.05, 4.69) is 13.5 Å². The summed E-state index contributed by atoms with van der Waals surface area (Å²) in [6.45, 7) is 5.93. The Hall–Kier alpha value is 0.769. The molecule has 1 aromatic carbocycles. The van der Waals surface area contributed by atoms with Crippen LogP contribution in [0, 0.1) is 0 Å². The molecule has 0 aliphatic rings. The normalized spacial score (nSPS) is 13.4. The SMILES string of the molecule is C=Cc1ccccc1.CCCCCCCCCCCCCCCCCCCCC[SiH2]O[SiH2]O[SiH2]O[SiH2]O[SiH2]O[SiH2]O[SiH2]O[SiH2]O[SiH2]O[SiH3]. The van der Waals surface area contributed by atoms with Crippen LogP contribution in [-0.4, -0.2) is 100 Å². The van der Waals surface area contributed by atoms with E-state index in [9.17, 15) is 0 Å². The summed E-state index contributed by atoms with van der Waals surface area (Å²) in [6.07, 6.45) is 29.1. The van der Waals surface area contributed by atoms with Crippen LogP contribution in [0.4, 0.5) is 0 Å². The maximum Gasteiger partial charge on any atom is 0.286 e. The lowest BCUT2D eigenvalue weighted by molar-refractivity contribution is 0.364. The van der Waals surface area contributed by atoms with E-state index in [0.29, 0.717) is 0 Å². The van der Waals surface area contributed by atoms with Crippen molar-refractivity contribution in [2.75, 3.05) is 0 Å². The molecule has 0 saturated heterocycles. The molecule has 19 heteroatoms. The van der Waals surface area contributed by atoms with Crippen molar-refractivity contribution in [1.82, 2.24) is 0 Å². The number of hydrogen-bond donors (Lipinski definition) is 0. The summed E-state index contributed by atoms with van der Waals surface area (Å²) in [4.78, 5) is 0. The van der Waals surface area contributed by atoms with Gasteiger partial charge >= 0.3 is 0 Å². The first-order valence-corrected chi connectivity index (χ1v) is 30.3. The van der Waals surface area contributed by atoms with Crippen LogP contribution in [-0.2, 0) is 37.0 Å². The predicted molar refractivity (Wildman–Crippen MR) is 231 cm³/mol. The maximum absolute atomic E-state index is 5.82. The van der Waals surface area contributed by atoms with Crippen molar-refractivity contribution in [2.45, 2.75) is 135 Å². The molecular weight excluding hydrogens is 773 g/mol. The molecule has 0 fully saturated rings. The molecule has 0 heterocycles. The van der Waals surface area contributed by atoms with Crippen LogP contribution >= 0.6 is 0 Å². The molecule has 0 unspecified atom stereocenters. The van der Waals surface area contributed by atoms with Crippen molar-refractivity contribution >= 4 is 106 Å². The summed E-state index contributed by atoms with van der Waals surface area (Å²) < 4.78 is 49.3. The molecule has 0 amide bonds. The zero-order chi connectivity index (χ0) is 34.7. The molecule has 1 rings (SSSR count). The van der Waals surface area contributed by atoms with Crippen molar-refractivity contribution in [1.29, 1.82) is 0 Å². The van der Waals surface area contributed by atoms with Gasteiger partial charge in [-0.2, -0.15) is 0 Å². The molecule has 0 aromatic heterocycles. The van der Waals surface area contributed by atoms with Gasteiger partial charge in [-0.25, -0.2) is 0 Å². The minimum atomic E-state index is -0.945. The molecule has 282 valence electrons. The molecule has 0 radical (unpaired) electrons. The van der Waals surface area contributed by atoms with E-state index in [1.54, 1.807) is 0 Å². The van der Waals surface area contributed by atoms with Crippen molar-refractivity contribution < 1.29 is 37.0 Å². The fourth-order valence-corrected chi connectivity index (χ4v) is 21.5. The summed E-state index contributed by atoms with van der Waals surface area (Å²) in [6, 6.07) is 11.3. The van der Waals surface area contributed by atoms with E-state index >= 15 is 0 Å². The number of rotatable bonds is 38. The van der Waals surface area contributed by atoms with E-state index in [-0.39, 0.29) is 9.76 Å². The molecule has 0 aliphatic heterocycles. The highest BCUT2D eigenvalue weighted by atomic mass is 28.4. The minimum absolute atomic E-state index is 0.375. The third kappa shape index (κ3) is 42.9. The lowest BCUT2D eigenvalue weighted by atomic mass is 10.0. The van der Waals surface area contributed by atoms with E-state index < -0.39 is 80.1 Å². The molecule has 48 heavy (non-hydrogen) atoms. The Morgan fingerprint density at radius 1 is 0.479 bits per heavy atom. The Kier molecular flexibility index (Phi) is 46.5. The molecule has 9 nitrogen and oxygen atoms in total. The quantitative estimate of drug-likeness (QED) is 0.0706. The van der Waals surface area contributed by atoms with Gasteiger partial charge in [-0.15, -0.1) is 0 Å². The largest absolute Gasteiger partial charge is 0.449 e. The van der Waals surface area contributed by atoms with Crippen LogP contribution in [0.3, 0.4) is 0 Å². The van der Waals surface area contributed by atoms with Crippen LogP contribution < -0.4 is 0 Å². The van der Waals surface area contributed by atoms with Crippen molar-refractivity contribution in [3.05, 3.63) is 42.5 Å². The second-order valence-corrected chi connectivity index (χ2v) is 30.3. The van der Waals surface area contributed by atoms with Gasteiger partial charge in [0.05, 0.1) is 0 Å². The van der Waals surface area contributed by atoms with Gasteiger partial charge in [-0.05, 0) is 11.6 Å². The summed E-state index contributed by atoms with van der Waals surface area (Å²) in [5, 5.41) is 0. The van der Waals surface area contributed by atoms with Gasteiger partial charge in [0.1, 0.15) is 20.2 Å². The molecule has 0 saturated carbocycles. The summed E-state index contributed by atoms with van der Waals surface area (Å²) >= 11 is 0. The van der Waals surface area contributed by atoms with Gasteiger partial charge < -0.3 is 37.0 Å². The Morgan fingerprint density at radius 3 is 1.15 bits per heavy atom.